The van der Waals surface area contributed by atoms with Crippen LogP contribution in [0.1, 0.15) is 26.3 Å². The van der Waals surface area contributed by atoms with Crippen LogP contribution in [0.3, 0.4) is 0 Å². The van der Waals surface area contributed by atoms with Gasteiger partial charge < -0.3 is 15.4 Å². The summed E-state index contributed by atoms with van der Waals surface area (Å²) in [6.07, 6.45) is 0.148. The monoisotopic (exact) mass is 264 g/mol. The van der Waals surface area contributed by atoms with Crippen LogP contribution in [-0.2, 0) is 4.79 Å². The van der Waals surface area contributed by atoms with Crippen LogP contribution in [0.5, 0.6) is 5.75 Å². The SMILES string of the molecule is CNCC(C)C(=O)Nc1ccc(OC(C)C)c(C)c1. The van der Waals surface area contributed by atoms with Crippen molar-refractivity contribution in [2.75, 3.05) is 18.9 Å². The molecule has 106 valence electrons. The number of carbonyl (C=O) groups is 1. The lowest BCUT2D eigenvalue weighted by Crippen LogP contribution is -2.28. The Hall–Kier alpha value is -1.55. The molecule has 19 heavy (non-hydrogen) atoms. The van der Waals surface area contributed by atoms with Crippen LogP contribution in [0.25, 0.3) is 0 Å². The molecule has 0 spiro atoms. The molecule has 2 N–H and O–H groups in total. The topological polar surface area (TPSA) is 50.4 Å². The van der Waals surface area contributed by atoms with E-state index in [1.165, 1.54) is 0 Å². The Morgan fingerprint density at radius 3 is 2.53 bits per heavy atom. The third-order valence-electron chi connectivity index (χ3n) is 2.76. The van der Waals surface area contributed by atoms with Crippen molar-refractivity contribution in [1.82, 2.24) is 5.32 Å². The lowest BCUT2D eigenvalue weighted by atomic mass is 10.1. The highest BCUT2D eigenvalue weighted by atomic mass is 16.5. The Kier molecular flexibility index (Phi) is 5.83. The molecule has 0 aliphatic carbocycles. The average Bonchev–Trinajstić information content (AvgIpc) is 2.32. The van der Waals surface area contributed by atoms with E-state index in [0.717, 1.165) is 17.0 Å². The number of anilines is 1. The van der Waals surface area contributed by atoms with Crippen LogP contribution < -0.4 is 15.4 Å². The van der Waals surface area contributed by atoms with Crippen molar-refractivity contribution in [3.05, 3.63) is 23.8 Å². The maximum absolute atomic E-state index is 11.9. The molecule has 1 unspecified atom stereocenters. The van der Waals surface area contributed by atoms with E-state index >= 15 is 0 Å². The van der Waals surface area contributed by atoms with Crippen LogP contribution >= 0.6 is 0 Å². The highest BCUT2D eigenvalue weighted by molar-refractivity contribution is 5.92. The number of rotatable bonds is 6. The van der Waals surface area contributed by atoms with Crippen LogP contribution in [0, 0.1) is 12.8 Å². The van der Waals surface area contributed by atoms with Crippen molar-refractivity contribution in [2.45, 2.75) is 33.8 Å². The molecule has 1 aromatic carbocycles. The number of aryl methyl sites for hydroxylation is 1. The molecule has 0 aliphatic rings. The fraction of sp³-hybridized carbons (Fsp3) is 0.533. The molecule has 4 heteroatoms. The maximum Gasteiger partial charge on any atom is 0.228 e. The third kappa shape index (κ3) is 4.91. The second-order valence-electron chi connectivity index (χ2n) is 5.09. The number of ether oxygens (including phenoxy) is 1. The smallest absolute Gasteiger partial charge is 0.228 e. The van der Waals surface area contributed by atoms with E-state index < -0.39 is 0 Å². The number of hydrogen-bond donors (Lipinski definition) is 2. The first-order chi connectivity index (χ1) is 8.93. The van der Waals surface area contributed by atoms with Gasteiger partial charge in [0.25, 0.3) is 0 Å². The van der Waals surface area contributed by atoms with Gasteiger partial charge in [0.15, 0.2) is 0 Å². The molecule has 0 saturated carbocycles. The molecule has 0 fully saturated rings. The average molecular weight is 264 g/mol. The summed E-state index contributed by atoms with van der Waals surface area (Å²) < 4.78 is 5.67. The first-order valence-corrected chi connectivity index (χ1v) is 6.66. The van der Waals surface area contributed by atoms with Gasteiger partial charge in [0.05, 0.1) is 6.10 Å². The molecule has 1 amide bonds. The van der Waals surface area contributed by atoms with Gasteiger partial charge in [0, 0.05) is 18.2 Å². The molecule has 0 heterocycles. The van der Waals surface area contributed by atoms with Gasteiger partial charge >= 0.3 is 0 Å². The summed E-state index contributed by atoms with van der Waals surface area (Å²) in [6.45, 7) is 8.53. The summed E-state index contributed by atoms with van der Waals surface area (Å²) in [6, 6.07) is 5.70. The zero-order chi connectivity index (χ0) is 14.4. The van der Waals surface area contributed by atoms with Crippen LogP contribution in [-0.4, -0.2) is 25.6 Å². The zero-order valence-electron chi connectivity index (χ0n) is 12.4. The molecule has 0 bridgehead atoms. The zero-order valence-corrected chi connectivity index (χ0v) is 12.4. The van der Waals surface area contributed by atoms with E-state index in [9.17, 15) is 4.79 Å². The van der Waals surface area contributed by atoms with Crippen molar-refractivity contribution in [1.29, 1.82) is 0 Å². The highest BCUT2D eigenvalue weighted by Gasteiger charge is 2.12. The van der Waals surface area contributed by atoms with Gasteiger partial charge in [-0.05, 0) is 51.6 Å². The standard InChI is InChI=1S/C15H24N2O2/c1-10(2)19-14-7-6-13(8-11(14)3)17-15(18)12(4)9-16-5/h6-8,10,12,16H,9H2,1-5H3,(H,17,18). The van der Waals surface area contributed by atoms with E-state index in [0.29, 0.717) is 6.54 Å². The minimum absolute atomic E-state index is 0.0197. The van der Waals surface area contributed by atoms with Crippen molar-refractivity contribution < 1.29 is 9.53 Å². The molecule has 1 rings (SSSR count). The molecular formula is C15H24N2O2. The fourth-order valence-corrected chi connectivity index (χ4v) is 1.78. The van der Waals surface area contributed by atoms with Gasteiger partial charge in [-0.3, -0.25) is 4.79 Å². The summed E-state index contributed by atoms with van der Waals surface area (Å²) in [5.74, 6) is 0.819. The van der Waals surface area contributed by atoms with Crippen molar-refractivity contribution >= 4 is 11.6 Å². The second kappa shape index (κ2) is 7.14. The summed E-state index contributed by atoms with van der Waals surface area (Å²) in [7, 11) is 1.84. The van der Waals surface area contributed by atoms with Crippen LogP contribution in [0.15, 0.2) is 18.2 Å². The van der Waals surface area contributed by atoms with Gasteiger partial charge in [0.2, 0.25) is 5.91 Å². The number of carbonyl (C=O) groups excluding carboxylic acids is 1. The second-order valence-corrected chi connectivity index (χ2v) is 5.09. The normalized spacial score (nSPS) is 12.3. The number of nitrogens with one attached hydrogen (secondary N) is 2. The maximum atomic E-state index is 11.9. The molecule has 0 saturated heterocycles. The molecule has 4 nitrogen and oxygen atoms in total. The van der Waals surface area contributed by atoms with Crippen molar-refractivity contribution in [3.8, 4) is 5.75 Å². The Bertz CT molecular complexity index is 430. The lowest BCUT2D eigenvalue weighted by Gasteiger charge is -2.15. The van der Waals surface area contributed by atoms with Gasteiger partial charge in [-0.25, -0.2) is 0 Å². The van der Waals surface area contributed by atoms with Gasteiger partial charge in [-0.2, -0.15) is 0 Å². The van der Waals surface area contributed by atoms with E-state index in [2.05, 4.69) is 10.6 Å². The van der Waals surface area contributed by atoms with E-state index in [-0.39, 0.29) is 17.9 Å². The minimum Gasteiger partial charge on any atom is -0.491 e. The third-order valence-corrected chi connectivity index (χ3v) is 2.76. The minimum atomic E-state index is -0.0584. The predicted octanol–water partition coefficient (Wildman–Crippen LogP) is 2.58. The van der Waals surface area contributed by atoms with E-state index in [4.69, 9.17) is 4.74 Å². The van der Waals surface area contributed by atoms with Gasteiger partial charge in [0.1, 0.15) is 5.75 Å². The Labute approximate surface area is 115 Å². The summed E-state index contributed by atoms with van der Waals surface area (Å²) in [5.41, 5.74) is 1.83. The molecule has 1 aromatic rings. The Morgan fingerprint density at radius 2 is 2.00 bits per heavy atom. The van der Waals surface area contributed by atoms with E-state index in [1.807, 2.05) is 52.9 Å². The molecule has 0 radical (unpaired) electrons. The quantitative estimate of drug-likeness (QED) is 0.830. The van der Waals surface area contributed by atoms with E-state index in [1.54, 1.807) is 0 Å². The first kappa shape index (κ1) is 15.5. The largest absolute Gasteiger partial charge is 0.491 e. The Morgan fingerprint density at radius 1 is 1.32 bits per heavy atom. The summed E-state index contributed by atoms with van der Waals surface area (Å²) in [4.78, 5) is 11.9. The highest BCUT2D eigenvalue weighted by Crippen LogP contribution is 2.23. The van der Waals surface area contributed by atoms with Crippen molar-refractivity contribution in [2.24, 2.45) is 5.92 Å². The summed E-state index contributed by atoms with van der Waals surface area (Å²) in [5, 5.41) is 5.91. The van der Waals surface area contributed by atoms with Gasteiger partial charge in [-0.15, -0.1) is 0 Å². The number of hydrogen-bond acceptors (Lipinski definition) is 3. The van der Waals surface area contributed by atoms with Gasteiger partial charge in [-0.1, -0.05) is 6.92 Å². The van der Waals surface area contributed by atoms with Crippen molar-refractivity contribution in [3.63, 3.8) is 0 Å². The molecule has 0 aromatic heterocycles. The van der Waals surface area contributed by atoms with Crippen LogP contribution in [0.2, 0.25) is 0 Å². The fourth-order valence-electron chi connectivity index (χ4n) is 1.78. The Balaban J connectivity index is 2.70. The molecule has 0 aliphatic heterocycles. The molecule has 1 atom stereocenters. The lowest BCUT2D eigenvalue weighted by molar-refractivity contribution is -0.119. The summed E-state index contributed by atoms with van der Waals surface area (Å²) >= 11 is 0. The van der Waals surface area contributed by atoms with Crippen LogP contribution in [0.4, 0.5) is 5.69 Å². The first-order valence-electron chi connectivity index (χ1n) is 6.66. The predicted molar refractivity (Wildman–Crippen MR) is 78.7 cm³/mol. The number of benzene rings is 1. The molecular weight excluding hydrogens is 240 g/mol. The number of amides is 1.